The molecule has 2 aromatic rings. The van der Waals surface area contributed by atoms with Gasteiger partial charge in [-0.25, -0.2) is 0 Å². The van der Waals surface area contributed by atoms with Gasteiger partial charge in [-0.15, -0.1) is 23.1 Å². The van der Waals surface area contributed by atoms with Crippen LogP contribution in [0.3, 0.4) is 0 Å². The standard InChI is InChI=1S/C12H8OS2/c1-14-12-10-9(6-15-12)7-4-2-3-5-8(7)11(10)13/h2-6H,1H3. The fraction of sp³-hybridized carbons (Fsp3) is 0.0833. The third-order valence-electron chi connectivity index (χ3n) is 2.63. The molecule has 0 N–H and O–H groups in total. The van der Waals surface area contributed by atoms with Crippen LogP contribution < -0.4 is 0 Å². The third kappa shape index (κ3) is 1.13. The SMILES string of the molecule is CSc1scc2c1C(=O)c1ccccc1-2. The fourth-order valence-corrected chi connectivity index (χ4v) is 3.68. The quantitative estimate of drug-likeness (QED) is 0.595. The highest BCUT2D eigenvalue weighted by molar-refractivity contribution is 8.00. The molecule has 0 saturated carbocycles. The van der Waals surface area contributed by atoms with Crippen molar-refractivity contribution in [3.8, 4) is 11.1 Å². The molecule has 1 nitrogen and oxygen atoms in total. The van der Waals surface area contributed by atoms with E-state index in [-0.39, 0.29) is 5.78 Å². The molecule has 74 valence electrons. The predicted octanol–water partition coefficient (Wildman–Crippen LogP) is 3.68. The van der Waals surface area contributed by atoms with Crippen LogP contribution in [-0.4, -0.2) is 12.0 Å². The summed E-state index contributed by atoms with van der Waals surface area (Å²) in [5, 5.41) is 2.09. The van der Waals surface area contributed by atoms with Gasteiger partial charge in [-0.2, -0.15) is 0 Å². The summed E-state index contributed by atoms with van der Waals surface area (Å²) in [6, 6.07) is 7.84. The minimum atomic E-state index is 0.186. The maximum atomic E-state index is 12.1. The molecule has 0 unspecified atom stereocenters. The minimum absolute atomic E-state index is 0.186. The lowest BCUT2D eigenvalue weighted by Gasteiger charge is -1.95. The molecule has 0 amide bonds. The Morgan fingerprint density at radius 1 is 1.13 bits per heavy atom. The highest BCUT2D eigenvalue weighted by atomic mass is 32.2. The first-order valence-electron chi connectivity index (χ1n) is 4.62. The maximum Gasteiger partial charge on any atom is 0.196 e. The second kappa shape index (κ2) is 3.22. The Hall–Kier alpha value is -1.06. The number of hydrogen-bond donors (Lipinski definition) is 0. The van der Waals surface area contributed by atoms with Crippen molar-refractivity contribution >= 4 is 28.9 Å². The van der Waals surface area contributed by atoms with Crippen molar-refractivity contribution in [1.82, 2.24) is 0 Å². The van der Waals surface area contributed by atoms with E-state index in [0.717, 1.165) is 26.5 Å². The van der Waals surface area contributed by atoms with Gasteiger partial charge >= 0.3 is 0 Å². The Balaban J connectivity index is 2.34. The van der Waals surface area contributed by atoms with E-state index in [1.54, 1.807) is 23.1 Å². The van der Waals surface area contributed by atoms with E-state index in [1.807, 2.05) is 30.5 Å². The first-order valence-corrected chi connectivity index (χ1v) is 6.73. The molecular weight excluding hydrogens is 224 g/mol. The Labute approximate surface area is 96.1 Å². The number of benzene rings is 1. The zero-order chi connectivity index (χ0) is 10.4. The van der Waals surface area contributed by atoms with Gasteiger partial charge in [0.15, 0.2) is 5.78 Å². The van der Waals surface area contributed by atoms with Crippen LogP contribution in [0.25, 0.3) is 11.1 Å². The van der Waals surface area contributed by atoms with Gasteiger partial charge in [-0.3, -0.25) is 4.79 Å². The molecule has 0 radical (unpaired) electrons. The number of carbonyl (C=O) groups is 1. The summed E-state index contributed by atoms with van der Waals surface area (Å²) in [6.07, 6.45) is 2.02. The Morgan fingerprint density at radius 3 is 2.60 bits per heavy atom. The second-order valence-electron chi connectivity index (χ2n) is 3.39. The lowest BCUT2D eigenvalue weighted by molar-refractivity contribution is 0.104. The molecule has 0 saturated heterocycles. The van der Waals surface area contributed by atoms with Crippen LogP contribution in [0.1, 0.15) is 15.9 Å². The molecule has 1 aromatic heterocycles. The van der Waals surface area contributed by atoms with Crippen molar-refractivity contribution in [1.29, 1.82) is 0 Å². The monoisotopic (exact) mass is 232 g/mol. The number of thioether (sulfide) groups is 1. The summed E-state index contributed by atoms with van der Waals surface area (Å²) in [5.41, 5.74) is 3.97. The largest absolute Gasteiger partial charge is 0.288 e. The molecule has 0 spiro atoms. The number of fused-ring (bicyclic) bond motifs is 3. The van der Waals surface area contributed by atoms with E-state index < -0.39 is 0 Å². The lowest BCUT2D eigenvalue weighted by atomic mass is 10.1. The molecule has 0 aliphatic heterocycles. The van der Waals surface area contributed by atoms with Gasteiger partial charge in [0.05, 0.1) is 9.77 Å². The summed E-state index contributed by atoms with van der Waals surface area (Å²) in [6.45, 7) is 0. The van der Waals surface area contributed by atoms with E-state index in [9.17, 15) is 4.79 Å². The first kappa shape index (κ1) is 9.19. The van der Waals surface area contributed by atoms with Crippen molar-refractivity contribution in [2.24, 2.45) is 0 Å². The van der Waals surface area contributed by atoms with E-state index in [1.165, 1.54) is 0 Å². The number of rotatable bonds is 1. The molecule has 1 aliphatic carbocycles. The van der Waals surface area contributed by atoms with Crippen molar-refractivity contribution in [2.75, 3.05) is 6.26 Å². The average Bonchev–Trinajstić information content (AvgIpc) is 2.81. The molecule has 0 fully saturated rings. The Kier molecular flexibility index (Phi) is 1.97. The molecule has 0 atom stereocenters. The summed E-state index contributed by atoms with van der Waals surface area (Å²) in [5.74, 6) is 0.186. The van der Waals surface area contributed by atoms with Crippen LogP contribution in [0.5, 0.6) is 0 Å². The van der Waals surface area contributed by atoms with E-state index in [4.69, 9.17) is 0 Å². The van der Waals surface area contributed by atoms with E-state index in [0.29, 0.717) is 0 Å². The van der Waals surface area contributed by atoms with Crippen LogP contribution in [0, 0.1) is 0 Å². The molecule has 1 heterocycles. The molecule has 0 bridgehead atoms. The molecule has 15 heavy (non-hydrogen) atoms. The second-order valence-corrected chi connectivity index (χ2v) is 5.35. The van der Waals surface area contributed by atoms with Crippen LogP contribution in [0.2, 0.25) is 0 Å². The number of hydrogen-bond acceptors (Lipinski definition) is 3. The van der Waals surface area contributed by atoms with Gasteiger partial charge < -0.3 is 0 Å². The van der Waals surface area contributed by atoms with Crippen LogP contribution in [0.15, 0.2) is 33.9 Å². The minimum Gasteiger partial charge on any atom is -0.288 e. The average molecular weight is 232 g/mol. The summed E-state index contributed by atoms with van der Waals surface area (Å²) >= 11 is 3.31. The molecule has 1 aliphatic rings. The normalized spacial score (nSPS) is 12.7. The first-order chi connectivity index (χ1) is 7.33. The Morgan fingerprint density at radius 2 is 1.87 bits per heavy atom. The number of thiophene rings is 1. The highest BCUT2D eigenvalue weighted by Gasteiger charge is 2.29. The summed E-state index contributed by atoms with van der Waals surface area (Å²) < 4.78 is 1.13. The smallest absolute Gasteiger partial charge is 0.196 e. The predicted molar refractivity (Wildman–Crippen MR) is 65.0 cm³/mol. The molecule has 3 rings (SSSR count). The third-order valence-corrected chi connectivity index (χ3v) is 4.77. The molecular formula is C12H8OS2. The van der Waals surface area contributed by atoms with Gasteiger partial charge in [0.25, 0.3) is 0 Å². The van der Waals surface area contributed by atoms with Gasteiger partial charge in [0.2, 0.25) is 0 Å². The summed E-state index contributed by atoms with van der Waals surface area (Å²) in [7, 11) is 0. The van der Waals surface area contributed by atoms with Gasteiger partial charge in [-0.05, 0) is 11.8 Å². The zero-order valence-corrected chi connectivity index (χ0v) is 9.74. The van der Waals surface area contributed by atoms with Crippen molar-refractivity contribution in [2.45, 2.75) is 4.21 Å². The van der Waals surface area contributed by atoms with Gasteiger partial charge in [-0.1, -0.05) is 24.3 Å². The van der Waals surface area contributed by atoms with E-state index >= 15 is 0 Å². The van der Waals surface area contributed by atoms with Crippen LogP contribution in [0.4, 0.5) is 0 Å². The molecule has 1 aromatic carbocycles. The van der Waals surface area contributed by atoms with Gasteiger partial charge in [0.1, 0.15) is 0 Å². The van der Waals surface area contributed by atoms with Crippen molar-refractivity contribution in [3.05, 3.63) is 40.8 Å². The Bertz CT molecular complexity index is 554. The van der Waals surface area contributed by atoms with E-state index in [2.05, 4.69) is 5.38 Å². The van der Waals surface area contributed by atoms with Crippen LogP contribution >= 0.6 is 23.1 Å². The summed E-state index contributed by atoms with van der Waals surface area (Å²) in [4.78, 5) is 12.1. The van der Waals surface area contributed by atoms with Crippen molar-refractivity contribution in [3.63, 3.8) is 0 Å². The topological polar surface area (TPSA) is 17.1 Å². The lowest BCUT2D eigenvalue weighted by Crippen LogP contribution is -1.94. The number of carbonyl (C=O) groups excluding carboxylic acids is 1. The zero-order valence-electron chi connectivity index (χ0n) is 8.11. The maximum absolute atomic E-state index is 12.1. The van der Waals surface area contributed by atoms with Crippen molar-refractivity contribution < 1.29 is 4.79 Å². The fourth-order valence-electron chi connectivity index (χ4n) is 1.95. The number of ketones is 1. The van der Waals surface area contributed by atoms with Gasteiger partial charge in [0, 0.05) is 16.5 Å². The van der Waals surface area contributed by atoms with Crippen LogP contribution in [-0.2, 0) is 0 Å². The highest BCUT2D eigenvalue weighted by Crippen LogP contribution is 2.44. The molecule has 3 heteroatoms.